The van der Waals surface area contributed by atoms with Gasteiger partial charge in [0.2, 0.25) is 0 Å². The molecule has 3 heterocycles. The molecule has 0 aliphatic carbocycles. The van der Waals surface area contributed by atoms with Gasteiger partial charge in [0.15, 0.2) is 11.2 Å². The van der Waals surface area contributed by atoms with Crippen molar-refractivity contribution in [1.82, 2.24) is 23.4 Å². The van der Waals surface area contributed by atoms with E-state index in [0.29, 0.717) is 44.0 Å². The summed E-state index contributed by atoms with van der Waals surface area (Å²) in [7, 11) is -0.277. The van der Waals surface area contributed by atoms with E-state index in [4.69, 9.17) is 9.05 Å². The summed E-state index contributed by atoms with van der Waals surface area (Å²) in [4.78, 5) is 28.6. The number of aromatic nitrogens is 4. The zero-order valence-electron chi connectivity index (χ0n) is 14.5. The Morgan fingerprint density at radius 1 is 1.24 bits per heavy atom. The van der Waals surface area contributed by atoms with Crippen LogP contribution in [0.3, 0.4) is 0 Å². The first-order valence-corrected chi connectivity index (χ1v) is 9.64. The first-order chi connectivity index (χ1) is 11.9. The van der Waals surface area contributed by atoms with Gasteiger partial charge in [-0.2, -0.15) is 0 Å². The van der Waals surface area contributed by atoms with Gasteiger partial charge < -0.3 is 4.57 Å². The van der Waals surface area contributed by atoms with Crippen LogP contribution < -0.4 is 11.2 Å². The Bertz CT molecular complexity index is 935. The van der Waals surface area contributed by atoms with Gasteiger partial charge in [0.05, 0.1) is 19.5 Å². The van der Waals surface area contributed by atoms with Gasteiger partial charge in [0.25, 0.3) is 5.56 Å². The fourth-order valence-corrected chi connectivity index (χ4v) is 4.66. The molecule has 0 bridgehead atoms. The predicted octanol–water partition coefficient (Wildman–Crippen LogP) is 0.301. The number of hydrogen-bond donors (Lipinski definition) is 0. The third kappa shape index (κ3) is 3.10. The highest BCUT2D eigenvalue weighted by molar-refractivity contribution is 7.51. The minimum atomic E-state index is -3.28. The van der Waals surface area contributed by atoms with E-state index in [-0.39, 0.29) is 0 Å². The van der Waals surface area contributed by atoms with Crippen molar-refractivity contribution in [3.05, 3.63) is 27.2 Å². The van der Waals surface area contributed by atoms with E-state index in [1.807, 2.05) is 6.92 Å². The van der Waals surface area contributed by atoms with Gasteiger partial charge in [0, 0.05) is 33.7 Å². The average molecular weight is 371 g/mol. The maximum absolute atomic E-state index is 12.8. The molecular weight excluding hydrogens is 349 g/mol. The van der Waals surface area contributed by atoms with Crippen LogP contribution in [0.1, 0.15) is 13.3 Å². The number of hydrogen-bond acceptors (Lipinski definition) is 6. The zero-order valence-corrected chi connectivity index (χ0v) is 15.4. The highest BCUT2D eigenvalue weighted by Gasteiger charge is 2.34. The minimum absolute atomic E-state index is 0.327. The Hall–Kier alpha value is -1.74. The second-order valence-electron chi connectivity index (χ2n) is 5.85. The Morgan fingerprint density at radius 2 is 1.92 bits per heavy atom. The van der Waals surface area contributed by atoms with E-state index in [1.165, 1.54) is 17.9 Å². The topological polar surface area (TPSA) is 101 Å². The molecule has 138 valence electrons. The van der Waals surface area contributed by atoms with Crippen molar-refractivity contribution in [3.63, 3.8) is 0 Å². The van der Waals surface area contributed by atoms with E-state index in [9.17, 15) is 14.2 Å². The Labute approximate surface area is 144 Å². The van der Waals surface area contributed by atoms with E-state index in [1.54, 1.807) is 16.3 Å². The lowest BCUT2D eigenvalue weighted by atomic mass is 10.4. The monoisotopic (exact) mass is 371 g/mol. The summed E-state index contributed by atoms with van der Waals surface area (Å²) < 4.78 is 29.2. The average Bonchev–Trinajstić information content (AvgIpc) is 3.03. The second-order valence-corrected chi connectivity index (χ2v) is 7.87. The molecular formula is C14H22N5O5P. The van der Waals surface area contributed by atoms with Crippen LogP contribution in [-0.4, -0.2) is 49.7 Å². The highest BCUT2D eigenvalue weighted by atomic mass is 31.2. The normalized spacial score (nSPS) is 17.4. The predicted molar refractivity (Wildman–Crippen MR) is 91.6 cm³/mol. The molecule has 0 amide bonds. The smallest absolute Gasteiger partial charge is 0.323 e. The third-order valence-electron chi connectivity index (χ3n) is 4.33. The molecule has 0 spiro atoms. The highest BCUT2D eigenvalue weighted by Crippen LogP contribution is 2.53. The summed E-state index contributed by atoms with van der Waals surface area (Å²) >= 11 is 0. The molecule has 25 heavy (non-hydrogen) atoms. The maximum Gasteiger partial charge on any atom is 0.408 e. The quantitative estimate of drug-likeness (QED) is 0.697. The molecule has 2 aromatic rings. The van der Waals surface area contributed by atoms with Crippen LogP contribution in [0.25, 0.3) is 11.2 Å². The van der Waals surface area contributed by atoms with Gasteiger partial charge in [0.1, 0.15) is 0 Å². The molecule has 1 aliphatic rings. The molecule has 0 aromatic carbocycles. The standard InChI is InChI=1S/C14H22N5O5P/c1-4-19(25(22)23-8-5-9-24-25)7-6-18-10-15-12-11(18)13(20)17(3)14(21)16(12)2/h10H,4-9H2,1-3H3. The van der Waals surface area contributed by atoms with E-state index in [0.717, 1.165) is 11.0 Å². The molecule has 11 heteroatoms. The SMILES string of the molecule is CCN(CCn1cnc2c1c(=O)n(C)c(=O)n2C)P1(=O)OCCCO1. The molecule has 0 saturated carbocycles. The van der Waals surface area contributed by atoms with Crippen LogP contribution in [-0.2, 0) is 34.3 Å². The van der Waals surface area contributed by atoms with Crippen molar-refractivity contribution >= 4 is 18.9 Å². The van der Waals surface area contributed by atoms with Gasteiger partial charge in [-0.15, -0.1) is 0 Å². The van der Waals surface area contributed by atoms with Crippen LogP contribution in [0, 0.1) is 0 Å². The van der Waals surface area contributed by atoms with Crippen molar-refractivity contribution < 1.29 is 13.6 Å². The number of nitrogens with zero attached hydrogens (tertiary/aromatic N) is 5. The maximum atomic E-state index is 12.8. The first-order valence-electron chi connectivity index (χ1n) is 8.14. The Kier molecular flexibility index (Phi) is 4.97. The van der Waals surface area contributed by atoms with Crippen LogP contribution in [0.15, 0.2) is 15.9 Å². The van der Waals surface area contributed by atoms with Gasteiger partial charge in [-0.1, -0.05) is 6.92 Å². The summed E-state index contributed by atoms with van der Waals surface area (Å²) in [6.45, 7) is 3.91. The molecule has 3 rings (SSSR count). The molecule has 10 nitrogen and oxygen atoms in total. The van der Waals surface area contributed by atoms with Crippen molar-refractivity contribution in [2.75, 3.05) is 26.3 Å². The van der Waals surface area contributed by atoms with E-state index >= 15 is 0 Å². The largest absolute Gasteiger partial charge is 0.408 e. The van der Waals surface area contributed by atoms with Crippen LogP contribution in [0.2, 0.25) is 0 Å². The first kappa shape index (κ1) is 18.1. The van der Waals surface area contributed by atoms with Gasteiger partial charge in [-0.3, -0.25) is 23.0 Å². The van der Waals surface area contributed by atoms with E-state index < -0.39 is 19.0 Å². The summed E-state index contributed by atoms with van der Waals surface area (Å²) in [5.41, 5.74) is -0.167. The van der Waals surface area contributed by atoms with Crippen molar-refractivity contribution in [2.24, 2.45) is 14.1 Å². The number of rotatable bonds is 5. The molecule has 0 unspecified atom stereocenters. The van der Waals surface area contributed by atoms with Crippen molar-refractivity contribution in [1.29, 1.82) is 0 Å². The third-order valence-corrected chi connectivity index (χ3v) is 6.52. The van der Waals surface area contributed by atoms with Gasteiger partial charge in [-0.25, -0.2) is 19.0 Å². The lowest BCUT2D eigenvalue weighted by Gasteiger charge is -2.31. The summed E-state index contributed by atoms with van der Waals surface area (Å²) in [5, 5.41) is 0. The van der Waals surface area contributed by atoms with Gasteiger partial charge >= 0.3 is 13.4 Å². The zero-order chi connectivity index (χ0) is 18.2. The molecule has 2 aromatic heterocycles. The number of likely N-dealkylation sites (N-methyl/N-ethyl adjacent to an activating group) is 1. The van der Waals surface area contributed by atoms with Crippen LogP contribution in [0.4, 0.5) is 0 Å². The number of imidazole rings is 1. The molecule has 1 fully saturated rings. The summed E-state index contributed by atoms with van der Waals surface area (Å²) in [5.74, 6) is 0. The molecule has 0 N–H and O–H groups in total. The minimum Gasteiger partial charge on any atom is -0.323 e. The summed E-state index contributed by atoms with van der Waals surface area (Å²) in [6, 6.07) is 0. The van der Waals surface area contributed by atoms with Crippen molar-refractivity contribution in [3.8, 4) is 0 Å². The van der Waals surface area contributed by atoms with Gasteiger partial charge in [-0.05, 0) is 6.42 Å². The lowest BCUT2D eigenvalue weighted by Crippen LogP contribution is -2.38. The molecule has 0 radical (unpaired) electrons. The van der Waals surface area contributed by atoms with Crippen LogP contribution in [0.5, 0.6) is 0 Å². The summed E-state index contributed by atoms with van der Waals surface area (Å²) in [6.07, 6.45) is 2.23. The van der Waals surface area contributed by atoms with Crippen LogP contribution >= 0.6 is 7.75 Å². The fraction of sp³-hybridized carbons (Fsp3) is 0.643. The number of aryl methyl sites for hydroxylation is 1. The number of fused-ring (bicyclic) bond motifs is 1. The van der Waals surface area contributed by atoms with Crippen molar-refractivity contribution in [2.45, 2.75) is 19.9 Å². The molecule has 1 saturated heterocycles. The Balaban J connectivity index is 1.90. The lowest BCUT2D eigenvalue weighted by molar-refractivity contribution is 0.109. The fourth-order valence-electron chi connectivity index (χ4n) is 2.86. The molecule has 1 aliphatic heterocycles. The molecule has 0 atom stereocenters. The van der Waals surface area contributed by atoms with E-state index in [2.05, 4.69) is 4.98 Å². The Morgan fingerprint density at radius 3 is 2.56 bits per heavy atom. The second kappa shape index (κ2) is 6.87.